The van der Waals surface area contributed by atoms with Gasteiger partial charge in [-0.3, -0.25) is 0 Å². The number of unbranched alkanes of at least 4 members (excludes halogenated alkanes) is 1. The van der Waals surface area contributed by atoms with Crippen molar-refractivity contribution in [1.82, 2.24) is 0 Å². The second-order valence-corrected chi connectivity index (χ2v) is 11.8. The number of carbonyl (C=O) groups excluding carboxylic acids is 1. The Morgan fingerprint density at radius 1 is 0.871 bits per heavy atom. The molecule has 0 spiro atoms. The zero-order valence-electron chi connectivity index (χ0n) is 19.2. The number of esters is 1. The molecular weight excluding hydrogens is 424 g/mol. The molecule has 2 aliphatic rings. The number of carbonyl (C=O) groups is 1. The third-order valence-electron chi connectivity index (χ3n) is 7.19. The Labute approximate surface area is 195 Å². The Balaban J connectivity index is 1.20. The predicted octanol–water partition coefficient (Wildman–Crippen LogP) is 8.01. The van der Waals surface area contributed by atoms with E-state index in [1.807, 2.05) is 17.4 Å². The molecule has 4 rings (SSSR count). The van der Waals surface area contributed by atoms with Crippen molar-refractivity contribution in [3.05, 3.63) is 21.9 Å². The molecule has 0 unspecified atom stereocenters. The number of rotatable bonds is 9. The predicted molar refractivity (Wildman–Crippen MR) is 131 cm³/mol. The second kappa shape index (κ2) is 11.3. The Kier molecular flexibility index (Phi) is 8.47. The van der Waals surface area contributed by atoms with Gasteiger partial charge in [-0.15, -0.1) is 22.7 Å². The van der Waals surface area contributed by atoms with Gasteiger partial charge in [0.25, 0.3) is 0 Å². The molecule has 2 saturated carbocycles. The van der Waals surface area contributed by atoms with Gasteiger partial charge in [-0.1, -0.05) is 26.7 Å². The zero-order valence-corrected chi connectivity index (χ0v) is 20.8. The van der Waals surface area contributed by atoms with Gasteiger partial charge < -0.3 is 9.47 Å². The summed E-state index contributed by atoms with van der Waals surface area (Å²) in [5.74, 6) is 1.55. The quantitative estimate of drug-likeness (QED) is 0.280. The molecule has 0 aromatic carbocycles. The normalized spacial score (nSPS) is 26.9. The van der Waals surface area contributed by atoms with Crippen molar-refractivity contribution in [2.75, 3.05) is 6.61 Å². The molecule has 2 aromatic heterocycles. The van der Waals surface area contributed by atoms with E-state index < -0.39 is 0 Å². The van der Waals surface area contributed by atoms with Crippen LogP contribution in [0.5, 0.6) is 0 Å². The first kappa shape index (κ1) is 23.3. The summed E-state index contributed by atoms with van der Waals surface area (Å²) in [7, 11) is 0. The molecular formula is C26H38O3S2. The maximum absolute atomic E-state index is 12.7. The van der Waals surface area contributed by atoms with Crippen molar-refractivity contribution in [3.63, 3.8) is 0 Å². The van der Waals surface area contributed by atoms with Gasteiger partial charge in [0.05, 0.1) is 6.10 Å². The van der Waals surface area contributed by atoms with Crippen LogP contribution in [0.2, 0.25) is 0 Å². The fraction of sp³-hybridized carbons (Fsp3) is 0.731. The summed E-state index contributed by atoms with van der Waals surface area (Å²) in [6, 6.07) is 4.29. The first-order valence-corrected chi connectivity index (χ1v) is 14.1. The van der Waals surface area contributed by atoms with Crippen LogP contribution in [0.25, 0.3) is 9.40 Å². The lowest BCUT2D eigenvalue weighted by Crippen LogP contribution is -2.31. The van der Waals surface area contributed by atoms with E-state index in [9.17, 15) is 4.79 Å². The molecule has 0 bridgehead atoms. The Hall–Kier alpha value is -0.910. The van der Waals surface area contributed by atoms with Gasteiger partial charge in [-0.25, -0.2) is 4.79 Å². The van der Waals surface area contributed by atoms with Crippen LogP contribution in [0.4, 0.5) is 0 Å². The van der Waals surface area contributed by atoms with Gasteiger partial charge in [0.15, 0.2) is 0 Å². The molecule has 5 heteroatoms. The first-order chi connectivity index (χ1) is 15.2. The van der Waals surface area contributed by atoms with Crippen LogP contribution >= 0.6 is 22.7 Å². The fourth-order valence-electron chi connectivity index (χ4n) is 5.36. The highest BCUT2D eigenvalue weighted by Gasteiger charge is 2.32. The highest BCUT2D eigenvalue weighted by molar-refractivity contribution is 7.28. The molecule has 0 amide bonds. The summed E-state index contributed by atoms with van der Waals surface area (Å²) >= 11 is 3.42. The van der Waals surface area contributed by atoms with Crippen LogP contribution in [0, 0.1) is 11.8 Å². The molecule has 31 heavy (non-hydrogen) atoms. The Morgan fingerprint density at radius 2 is 1.52 bits per heavy atom. The summed E-state index contributed by atoms with van der Waals surface area (Å²) in [5, 5.41) is 0. The van der Waals surface area contributed by atoms with Crippen LogP contribution in [-0.4, -0.2) is 24.8 Å². The average molecular weight is 463 g/mol. The highest BCUT2D eigenvalue weighted by atomic mass is 32.1. The van der Waals surface area contributed by atoms with E-state index in [4.69, 9.17) is 9.47 Å². The third kappa shape index (κ3) is 6.11. The van der Waals surface area contributed by atoms with E-state index in [2.05, 4.69) is 19.9 Å². The van der Waals surface area contributed by atoms with Crippen molar-refractivity contribution in [3.8, 4) is 0 Å². The summed E-state index contributed by atoms with van der Waals surface area (Å²) in [6.07, 6.45) is 14.9. The van der Waals surface area contributed by atoms with Crippen LogP contribution < -0.4 is 0 Å². The Bertz CT molecular complexity index is 791. The van der Waals surface area contributed by atoms with Crippen molar-refractivity contribution in [2.45, 2.75) is 103 Å². The minimum Gasteiger partial charge on any atom is -0.458 e. The van der Waals surface area contributed by atoms with Gasteiger partial charge in [-0.2, -0.15) is 0 Å². The van der Waals surface area contributed by atoms with E-state index >= 15 is 0 Å². The molecule has 0 aliphatic heterocycles. The minimum absolute atomic E-state index is 0.105. The number of hydrogen-bond donors (Lipinski definition) is 0. The number of ether oxygens (including phenoxy) is 2. The summed E-state index contributed by atoms with van der Waals surface area (Å²) in [5.41, 5.74) is 0. The van der Waals surface area contributed by atoms with Crippen LogP contribution in [0.3, 0.4) is 0 Å². The minimum atomic E-state index is -0.112. The van der Waals surface area contributed by atoms with Crippen molar-refractivity contribution >= 4 is 38.0 Å². The van der Waals surface area contributed by atoms with E-state index in [0.717, 1.165) is 42.6 Å². The van der Waals surface area contributed by atoms with E-state index in [1.54, 1.807) is 11.3 Å². The van der Waals surface area contributed by atoms with Gasteiger partial charge >= 0.3 is 5.97 Å². The maximum atomic E-state index is 12.7. The lowest BCUT2D eigenvalue weighted by atomic mass is 9.72. The monoisotopic (exact) mass is 462 g/mol. The average Bonchev–Trinajstić information content (AvgIpc) is 3.34. The molecule has 172 valence electrons. The van der Waals surface area contributed by atoms with Crippen molar-refractivity contribution in [1.29, 1.82) is 0 Å². The SMILES string of the molecule is CCCCOC1CCC(C2CCC(OC(=O)c3cc4sc(CCC)cc4s3)CC2)CC1. The molecule has 3 nitrogen and oxygen atoms in total. The second-order valence-electron chi connectivity index (χ2n) is 9.51. The number of aryl methyl sites for hydroxylation is 1. The lowest BCUT2D eigenvalue weighted by Gasteiger charge is -2.37. The molecule has 2 fully saturated rings. The van der Waals surface area contributed by atoms with Crippen molar-refractivity contribution < 1.29 is 14.3 Å². The fourth-order valence-corrected chi connectivity index (χ4v) is 7.77. The summed E-state index contributed by atoms with van der Waals surface area (Å²) in [6.45, 7) is 5.36. The van der Waals surface area contributed by atoms with Crippen LogP contribution in [0.15, 0.2) is 12.1 Å². The smallest absolute Gasteiger partial charge is 0.348 e. The highest BCUT2D eigenvalue weighted by Crippen LogP contribution is 2.40. The van der Waals surface area contributed by atoms with Crippen LogP contribution in [0.1, 0.15) is 99.0 Å². The number of fused-ring (bicyclic) bond motifs is 1. The molecule has 0 radical (unpaired) electrons. The van der Waals surface area contributed by atoms with Gasteiger partial charge in [0.2, 0.25) is 0 Å². The number of thiophene rings is 2. The molecule has 2 aromatic rings. The maximum Gasteiger partial charge on any atom is 0.348 e. The van der Waals surface area contributed by atoms with E-state index in [0.29, 0.717) is 6.10 Å². The zero-order chi connectivity index (χ0) is 21.6. The van der Waals surface area contributed by atoms with Gasteiger partial charge in [0.1, 0.15) is 11.0 Å². The molecule has 0 N–H and O–H groups in total. The molecule has 2 heterocycles. The number of hydrogen-bond acceptors (Lipinski definition) is 5. The summed E-state index contributed by atoms with van der Waals surface area (Å²) < 4.78 is 14.4. The standard InChI is InChI=1S/C26H38O3S2/c1-3-5-15-28-20-11-7-18(8-12-20)19-9-13-21(14-10-19)29-26(27)25-17-24-23(31-25)16-22(30-24)6-4-2/h16-21H,3-15H2,1-2H3. The van der Waals surface area contributed by atoms with Gasteiger partial charge in [0, 0.05) is 20.9 Å². The van der Waals surface area contributed by atoms with E-state index in [-0.39, 0.29) is 12.1 Å². The third-order valence-corrected chi connectivity index (χ3v) is 9.52. The van der Waals surface area contributed by atoms with Gasteiger partial charge in [-0.05, 0) is 88.2 Å². The lowest BCUT2D eigenvalue weighted by molar-refractivity contribution is -0.00543. The van der Waals surface area contributed by atoms with Crippen molar-refractivity contribution in [2.24, 2.45) is 11.8 Å². The largest absolute Gasteiger partial charge is 0.458 e. The topological polar surface area (TPSA) is 35.5 Å². The Morgan fingerprint density at radius 3 is 2.13 bits per heavy atom. The van der Waals surface area contributed by atoms with E-state index in [1.165, 1.54) is 72.1 Å². The summed E-state index contributed by atoms with van der Waals surface area (Å²) in [4.78, 5) is 14.9. The molecule has 0 saturated heterocycles. The molecule has 2 aliphatic carbocycles. The first-order valence-electron chi connectivity index (χ1n) is 12.5. The molecule has 0 atom stereocenters. The van der Waals surface area contributed by atoms with Crippen LogP contribution in [-0.2, 0) is 15.9 Å².